The van der Waals surface area contributed by atoms with Gasteiger partial charge in [-0.05, 0) is 43.9 Å². The van der Waals surface area contributed by atoms with Crippen molar-refractivity contribution >= 4 is 0 Å². The molecule has 106 valence electrons. The summed E-state index contributed by atoms with van der Waals surface area (Å²) >= 11 is 0. The van der Waals surface area contributed by atoms with Crippen LogP contribution in [0.3, 0.4) is 0 Å². The number of hydrogen-bond acceptors (Lipinski definition) is 2. The summed E-state index contributed by atoms with van der Waals surface area (Å²) in [5.41, 5.74) is 1.36. The third-order valence-electron chi connectivity index (χ3n) is 2.76. The summed E-state index contributed by atoms with van der Waals surface area (Å²) in [7, 11) is 0. The minimum Gasteiger partial charge on any atom is -0.465 e. The average Bonchev–Trinajstić information content (AvgIpc) is 2.29. The molecule has 0 saturated carbocycles. The smallest absolute Gasteiger partial charge is 0.196 e. The lowest BCUT2D eigenvalue weighted by Gasteiger charge is -2.15. The molecule has 0 aromatic heterocycles. The van der Waals surface area contributed by atoms with E-state index in [1.54, 1.807) is 0 Å². The molecule has 0 N–H and O–H groups in total. The van der Waals surface area contributed by atoms with E-state index >= 15 is 0 Å². The van der Waals surface area contributed by atoms with Gasteiger partial charge >= 0.3 is 0 Å². The summed E-state index contributed by atoms with van der Waals surface area (Å²) in [6, 6.07) is 8.28. The second-order valence-electron chi connectivity index (χ2n) is 4.02. The predicted octanol–water partition coefficient (Wildman–Crippen LogP) is 5.23. The molecule has 0 spiro atoms. The summed E-state index contributed by atoms with van der Waals surface area (Å²) in [6.07, 6.45) is 0.981. The highest BCUT2D eigenvalue weighted by molar-refractivity contribution is 5.29. The molecular formula is C16H30O2. The first-order valence-electron chi connectivity index (χ1n) is 6.05. The molecule has 2 atom stereocenters. The van der Waals surface area contributed by atoms with Gasteiger partial charge in [-0.2, -0.15) is 0 Å². The van der Waals surface area contributed by atoms with Crippen LogP contribution in [0.1, 0.15) is 60.5 Å². The van der Waals surface area contributed by atoms with Crippen molar-refractivity contribution in [2.75, 3.05) is 6.61 Å². The molecule has 0 aliphatic rings. The molecule has 18 heavy (non-hydrogen) atoms. The average molecular weight is 254 g/mol. The number of ether oxygens (including phenoxy) is 2. The summed E-state index contributed by atoms with van der Waals surface area (Å²) in [5, 5.41) is 0. The van der Waals surface area contributed by atoms with Crippen molar-refractivity contribution in [3.63, 3.8) is 0 Å². The molecule has 2 nitrogen and oxygen atoms in total. The van der Waals surface area contributed by atoms with Crippen LogP contribution < -0.4 is 4.74 Å². The second-order valence-corrected chi connectivity index (χ2v) is 4.02. The van der Waals surface area contributed by atoms with Gasteiger partial charge in [0.05, 0.1) is 0 Å². The standard InChI is InChI=1S/C14H22O2.2CH4/c1-5-11(3)13-7-9-14(10-8-13)16-12(4)15-6-2;;/h7-12H,5-6H2,1-4H3;2*1H4. The first-order chi connectivity index (χ1) is 7.67. The molecule has 0 aliphatic carbocycles. The first kappa shape index (κ1) is 19.3. The summed E-state index contributed by atoms with van der Waals surface area (Å²) < 4.78 is 10.9. The Morgan fingerprint density at radius 1 is 1.00 bits per heavy atom. The van der Waals surface area contributed by atoms with Gasteiger partial charge in [0.25, 0.3) is 0 Å². The molecule has 0 bridgehead atoms. The van der Waals surface area contributed by atoms with Crippen molar-refractivity contribution in [2.45, 2.75) is 61.2 Å². The summed E-state index contributed by atoms with van der Waals surface area (Å²) in [6.45, 7) is 8.98. The Balaban J connectivity index is 0. The van der Waals surface area contributed by atoms with Gasteiger partial charge in [0.2, 0.25) is 0 Å². The van der Waals surface area contributed by atoms with Crippen LogP contribution in [0.15, 0.2) is 24.3 Å². The normalized spacial score (nSPS) is 12.9. The molecule has 0 heterocycles. The number of hydrogen-bond donors (Lipinski definition) is 0. The van der Waals surface area contributed by atoms with E-state index in [-0.39, 0.29) is 21.1 Å². The third-order valence-corrected chi connectivity index (χ3v) is 2.76. The fourth-order valence-electron chi connectivity index (χ4n) is 1.57. The van der Waals surface area contributed by atoms with Crippen LogP contribution in [0.4, 0.5) is 0 Å². The van der Waals surface area contributed by atoms with Crippen LogP contribution in [-0.2, 0) is 4.74 Å². The molecule has 0 fully saturated rings. The molecule has 1 aromatic rings. The Kier molecular flexibility index (Phi) is 10.7. The Bertz CT molecular complexity index is 292. The Hall–Kier alpha value is -1.02. The van der Waals surface area contributed by atoms with Crippen LogP contribution in [0.25, 0.3) is 0 Å². The monoisotopic (exact) mass is 254 g/mol. The number of benzene rings is 1. The molecule has 0 amide bonds. The van der Waals surface area contributed by atoms with E-state index in [0.717, 1.165) is 12.2 Å². The van der Waals surface area contributed by atoms with Crippen molar-refractivity contribution in [3.8, 4) is 5.75 Å². The molecule has 0 radical (unpaired) electrons. The van der Waals surface area contributed by atoms with Crippen LogP contribution >= 0.6 is 0 Å². The topological polar surface area (TPSA) is 18.5 Å². The minimum atomic E-state index is -0.181. The highest BCUT2D eigenvalue weighted by Gasteiger charge is 2.05. The maximum Gasteiger partial charge on any atom is 0.196 e. The Labute approximate surface area is 113 Å². The largest absolute Gasteiger partial charge is 0.465 e. The molecule has 2 unspecified atom stereocenters. The van der Waals surface area contributed by atoms with Crippen LogP contribution in [-0.4, -0.2) is 12.9 Å². The van der Waals surface area contributed by atoms with E-state index in [2.05, 4.69) is 26.0 Å². The zero-order valence-corrected chi connectivity index (χ0v) is 10.7. The van der Waals surface area contributed by atoms with Crippen LogP contribution in [0, 0.1) is 0 Å². The van der Waals surface area contributed by atoms with Gasteiger partial charge < -0.3 is 9.47 Å². The fourth-order valence-corrected chi connectivity index (χ4v) is 1.57. The van der Waals surface area contributed by atoms with Crippen molar-refractivity contribution < 1.29 is 9.47 Å². The lowest BCUT2D eigenvalue weighted by molar-refractivity contribution is -0.0613. The lowest BCUT2D eigenvalue weighted by Crippen LogP contribution is -2.15. The third kappa shape index (κ3) is 6.06. The first-order valence-corrected chi connectivity index (χ1v) is 6.05. The van der Waals surface area contributed by atoms with E-state index in [1.807, 2.05) is 26.0 Å². The van der Waals surface area contributed by atoms with Gasteiger partial charge in [0.15, 0.2) is 6.29 Å². The van der Waals surface area contributed by atoms with Crippen molar-refractivity contribution in [3.05, 3.63) is 29.8 Å². The van der Waals surface area contributed by atoms with E-state index in [0.29, 0.717) is 12.5 Å². The van der Waals surface area contributed by atoms with E-state index < -0.39 is 0 Å². The zero-order chi connectivity index (χ0) is 12.0. The molecule has 1 aromatic carbocycles. The van der Waals surface area contributed by atoms with Gasteiger partial charge in [-0.15, -0.1) is 0 Å². The van der Waals surface area contributed by atoms with Gasteiger partial charge in [-0.3, -0.25) is 0 Å². The molecule has 1 rings (SSSR count). The summed E-state index contributed by atoms with van der Waals surface area (Å²) in [5.74, 6) is 1.48. The Morgan fingerprint density at radius 2 is 1.56 bits per heavy atom. The quantitative estimate of drug-likeness (QED) is 0.647. The molecule has 0 saturated heterocycles. The zero-order valence-electron chi connectivity index (χ0n) is 10.7. The minimum absolute atomic E-state index is 0. The van der Waals surface area contributed by atoms with Crippen LogP contribution in [0.2, 0.25) is 0 Å². The Morgan fingerprint density at radius 3 is 2.00 bits per heavy atom. The fraction of sp³-hybridized carbons (Fsp3) is 0.625. The van der Waals surface area contributed by atoms with E-state index in [9.17, 15) is 0 Å². The van der Waals surface area contributed by atoms with Crippen molar-refractivity contribution in [1.82, 2.24) is 0 Å². The van der Waals surface area contributed by atoms with Gasteiger partial charge in [0, 0.05) is 6.61 Å². The highest BCUT2D eigenvalue weighted by Crippen LogP contribution is 2.22. The summed E-state index contributed by atoms with van der Waals surface area (Å²) in [4.78, 5) is 0. The van der Waals surface area contributed by atoms with Crippen molar-refractivity contribution in [1.29, 1.82) is 0 Å². The van der Waals surface area contributed by atoms with Gasteiger partial charge in [-0.25, -0.2) is 0 Å². The highest BCUT2D eigenvalue weighted by atomic mass is 16.7. The lowest BCUT2D eigenvalue weighted by atomic mass is 9.99. The van der Waals surface area contributed by atoms with E-state index in [4.69, 9.17) is 9.47 Å². The molecule has 0 aliphatic heterocycles. The SMILES string of the molecule is C.C.CCOC(C)Oc1ccc(C(C)CC)cc1. The maximum absolute atomic E-state index is 5.60. The molecular weight excluding hydrogens is 224 g/mol. The predicted molar refractivity (Wildman–Crippen MR) is 80.3 cm³/mol. The number of rotatable bonds is 6. The van der Waals surface area contributed by atoms with Crippen LogP contribution in [0.5, 0.6) is 5.75 Å². The maximum atomic E-state index is 5.60. The van der Waals surface area contributed by atoms with Gasteiger partial charge in [-0.1, -0.05) is 40.8 Å². The van der Waals surface area contributed by atoms with Gasteiger partial charge in [0.1, 0.15) is 5.75 Å². The second kappa shape index (κ2) is 9.95. The van der Waals surface area contributed by atoms with E-state index in [1.165, 1.54) is 5.56 Å². The van der Waals surface area contributed by atoms with Crippen molar-refractivity contribution in [2.24, 2.45) is 0 Å². The molecule has 2 heteroatoms.